The number of methoxy groups -OCH3 is 1. The van der Waals surface area contributed by atoms with Crippen LogP contribution in [-0.4, -0.2) is 55.3 Å². The number of aromatic nitrogens is 1. The number of carbonyl (C=O) groups is 1. The van der Waals surface area contributed by atoms with Crippen LogP contribution in [-0.2, 0) is 22.6 Å². The van der Waals surface area contributed by atoms with Crippen LogP contribution in [0.1, 0.15) is 19.0 Å². The highest BCUT2D eigenvalue weighted by atomic mass is 16.5. The summed E-state index contributed by atoms with van der Waals surface area (Å²) in [5, 5.41) is 2.85. The van der Waals surface area contributed by atoms with E-state index in [2.05, 4.69) is 10.2 Å². The van der Waals surface area contributed by atoms with Crippen LogP contribution in [0, 0.1) is 0 Å². The summed E-state index contributed by atoms with van der Waals surface area (Å²) < 4.78 is 12.2. The maximum Gasteiger partial charge on any atom is 0.239 e. The molecule has 0 bridgehead atoms. The lowest BCUT2D eigenvalue weighted by molar-refractivity contribution is -0.121. The van der Waals surface area contributed by atoms with Gasteiger partial charge in [-0.3, -0.25) is 14.5 Å². The van der Waals surface area contributed by atoms with Gasteiger partial charge in [-0.2, -0.15) is 0 Å². The average Bonchev–Trinajstić information content (AvgIpc) is 2.56. The third kappa shape index (κ3) is 5.07. The summed E-state index contributed by atoms with van der Waals surface area (Å²) in [6, 6.07) is 1.56. The molecule has 2 rings (SSSR count). The fourth-order valence-corrected chi connectivity index (χ4v) is 2.49. The van der Waals surface area contributed by atoms with Gasteiger partial charge >= 0.3 is 0 Å². The van der Waals surface area contributed by atoms with E-state index in [0.717, 1.165) is 25.2 Å². The lowest BCUT2D eigenvalue weighted by Gasteiger charge is -2.27. The van der Waals surface area contributed by atoms with Crippen molar-refractivity contribution in [3.05, 3.63) is 28.2 Å². The van der Waals surface area contributed by atoms with Crippen LogP contribution in [0.4, 0.5) is 0 Å². The molecule has 1 aromatic rings. The summed E-state index contributed by atoms with van der Waals surface area (Å²) in [5.74, 6) is 0.180. The maximum absolute atomic E-state index is 12.0. The molecule has 1 aliphatic heterocycles. The molecule has 0 aromatic carbocycles. The lowest BCUT2D eigenvalue weighted by atomic mass is 10.2. The van der Waals surface area contributed by atoms with Crippen LogP contribution in [0.3, 0.4) is 0 Å². The number of carbonyl (C=O) groups excluding carboxylic acids is 1. The number of hydrogen-bond donors (Lipinski definition) is 1. The highest BCUT2D eigenvalue weighted by Crippen LogP contribution is 2.10. The van der Waals surface area contributed by atoms with Crippen molar-refractivity contribution in [1.29, 1.82) is 0 Å². The van der Waals surface area contributed by atoms with E-state index in [9.17, 15) is 9.59 Å². The number of morpholine rings is 1. The molecule has 1 aliphatic rings. The summed E-state index contributed by atoms with van der Waals surface area (Å²) in [5.41, 5.74) is 0.644. The van der Waals surface area contributed by atoms with E-state index >= 15 is 0 Å². The van der Waals surface area contributed by atoms with Gasteiger partial charge < -0.3 is 19.4 Å². The molecule has 0 radical (unpaired) electrons. The van der Waals surface area contributed by atoms with E-state index in [1.54, 1.807) is 16.8 Å². The van der Waals surface area contributed by atoms with Gasteiger partial charge in [-0.1, -0.05) is 6.92 Å². The minimum absolute atomic E-state index is 0.0687. The molecule has 128 valence electrons. The second-order valence-corrected chi connectivity index (χ2v) is 5.56. The van der Waals surface area contributed by atoms with Gasteiger partial charge in [0.1, 0.15) is 6.54 Å². The zero-order valence-electron chi connectivity index (χ0n) is 13.8. The molecule has 1 aromatic heterocycles. The summed E-state index contributed by atoms with van der Waals surface area (Å²) in [6.07, 6.45) is 2.50. The van der Waals surface area contributed by atoms with Gasteiger partial charge in [0.15, 0.2) is 5.75 Å². The van der Waals surface area contributed by atoms with Crippen LogP contribution < -0.4 is 15.5 Å². The van der Waals surface area contributed by atoms with Crippen LogP contribution >= 0.6 is 0 Å². The summed E-state index contributed by atoms with van der Waals surface area (Å²) >= 11 is 0. The first-order valence-corrected chi connectivity index (χ1v) is 7.98. The van der Waals surface area contributed by atoms with Crippen LogP contribution in [0.25, 0.3) is 0 Å². The third-order valence-corrected chi connectivity index (χ3v) is 3.78. The van der Waals surface area contributed by atoms with Crippen molar-refractivity contribution in [2.45, 2.75) is 26.4 Å². The van der Waals surface area contributed by atoms with Crippen molar-refractivity contribution < 1.29 is 14.3 Å². The van der Waals surface area contributed by atoms with Crippen molar-refractivity contribution in [3.63, 3.8) is 0 Å². The maximum atomic E-state index is 12.0. The summed E-state index contributed by atoms with van der Waals surface area (Å²) in [6.45, 7) is 6.47. The Kier molecular flexibility index (Phi) is 6.61. The minimum Gasteiger partial charge on any atom is -0.491 e. The first-order valence-electron chi connectivity index (χ1n) is 7.98. The van der Waals surface area contributed by atoms with E-state index in [0.29, 0.717) is 26.3 Å². The standard InChI is InChI=1S/C16H25N3O4/c1-3-4-17-16(21)12-19-11-15(22-2)14(20)9-13(19)10-18-5-7-23-8-6-18/h9,11H,3-8,10,12H2,1-2H3,(H,17,21). The third-order valence-electron chi connectivity index (χ3n) is 3.78. The van der Waals surface area contributed by atoms with Gasteiger partial charge in [-0.25, -0.2) is 0 Å². The quantitative estimate of drug-likeness (QED) is 0.777. The van der Waals surface area contributed by atoms with Gasteiger partial charge in [0.05, 0.1) is 26.5 Å². The number of ether oxygens (including phenoxy) is 2. The average molecular weight is 323 g/mol. The zero-order chi connectivity index (χ0) is 16.7. The molecule has 0 unspecified atom stereocenters. The molecule has 23 heavy (non-hydrogen) atoms. The highest BCUT2D eigenvalue weighted by molar-refractivity contribution is 5.75. The second kappa shape index (κ2) is 8.69. The van der Waals surface area contributed by atoms with Gasteiger partial charge in [0.2, 0.25) is 11.3 Å². The van der Waals surface area contributed by atoms with E-state index in [-0.39, 0.29) is 23.6 Å². The molecule has 1 fully saturated rings. The van der Waals surface area contributed by atoms with Gasteiger partial charge in [0.25, 0.3) is 0 Å². The number of nitrogens with one attached hydrogen (secondary N) is 1. The molecule has 1 saturated heterocycles. The van der Waals surface area contributed by atoms with Crippen molar-refractivity contribution in [1.82, 2.24) is 14.8 Å². The predicted octanol–water partition coefficient (Wildman–Crippen LogP) is 0.215. The highest BCUT2D eigenvalue weighted by Gasteiger charge is 2.15. The van der Waals surface area contributed by atoms with Crippen molar-refractivity contribution >= 4 is 5.91 Å². The Labute approximate surface area is 136 Å². The Balaban J connectivity index is 2.18. The SMILES string of the molecule is CCCNC(=O)Cn1cc(OC)c(=O)cc1CN1CCOCC1. The molecule has 7 heteroatoms. The molecule has 1 amide bonds. The Morgan fingerprint density at radius 1 is 1.39 bits per heavy atom. The van der Waals surface area contributed by atoms with Crippen LogP contribution in [0.2, 0.25) is 0 Å². The van der Waals surface area contributed by atoms with Crippen molar-refractivity contribution in [3.8, 4) is 5.75 Å². The van der Waals surface area contributed by atoms with Crippen LogP contribution in [0.15, 0.2) is 17.1 Å². The normalized spacial score (nSPS) is 15.4. The van der Waals surface area contributed by atoms with Crippen molar-refractivity contribution in [2.24, 2.45) is 0 Å². The Morgan fingerprint density at radius 2 is 2.13 bits per heavy atom. The number of pyridine rings is 1. The first-order chi connectivity index (χ1) is 11.1. The number of hydrogen-bond acceptors (Lipinski definition) is 5. The molecule has 0 saturated carbocycles. The molecule has 0 atom stereocenters. The summed E-state index contributed by atoms with van der Waals surface area (Å²) in [7, 11) is 1.46. The second-order valence-electron chi connectivity index (χ2n) is 5.56. The van der Waals surface area contributed by atoms with Gasteiger partial charge in [0, 0.05) is 37.9 Å². The fraction of sp³-hybridized carbons (Fsp3) is 0.625. The summed E-state index contributed by atoms with van der Waals surface area (Å²) in [4.78, 5) is 26.3. The van der Waals surface area contributed by atoms with E-state index in [4.69, 9.17) is 9.47 Å². The van der Waals surface area contributed by atoms with Gasteiger partial charge in [-0.15, -0.1) is 0 Å². The zero-order valence-corrected chi connectivity index (χ0v) is 13.8. The molecule has 0 spiro atoms. The molecular formula is C16H25N3O4. The lowest BCUT2D eigenvalue weighted by Crippen LogP contribution is -2.37. The van der Waals surface area contributed by atoms with E-state index in [1.165, 1.54) is 7.11 Å². The monoisotopic (exact) mass is 323 g/mol. The predicted molar refractivity (Wildman–Crippen MR) is 86.7 cm³/mol. The molecule has 7 nitrogen and oxygen atoms in total. The van der Waals surface area contributed by atoms with E-state index < -0.39 is 0 Å². The Hall–Kier alpha value is -1.86. The Morgan fingerprint density at radius 3 is 2.78 bits per heavy atom. The van der Waals surface area contributed by atoms with Crippen LogP contribution in [0.5, 0.6) is 5.75 Å². The smallest absolute Gasteiger partial charge is 0.239 e. The molecule has 2 heterocycles. The topological polar surface area (TPSA) is 72.8 Å². The van der Waals surface area contributed by atoms with E-state index in [1.807, 2.05) is 6.92 Å². The molecule has 0 aliphatic carbocycles. The molecule has 1 N–H and O–H groups in total. The fourth-order valence-electron chi connectivity index (χ4n) is 2.49. The number of rotatable bonds is 7. The number of nitrogens with zero attached hydrogens (tertiary/aromatic N) is 2. The molecular weight excluding hydrogens is 298 g/mol. The minimum atomic E-state index is -0.166. The van der Waals surface area contributed by atoms with Crippen molar-refractivity contribution in [2.75, 3.05) is 40.0 Å². The van der Waals surface area contributed by atoms with Gasteiger partial charge in [-0.05, 0) is 6.42 Å². The number of amides is 1. The Bertz CT molecular complexity index is 579. The largest absolute Gasteiger partial charge is 0.491 e. The first kappa shape index (κ1) is 17.5.